The maximum absolute atomic E-state index is 13.3. The summed E-state index contributed by atoms with van der Waals surface area (Å²) in [4.78, 5) is 13.7. The second-order valence-electron chi connectivity index (χ2n) is 6.11. The molecule has 27 heavy (non-hydrogen) atoms. The van der Waals surface area contributed by atoms with Crippen LogP contribution in [-0.2, 0) is 26.0 Å². The van der Waals surface area contributed by atoms with Gasteiger partial charge in [0, 0.05) is 25.0 Å². The molecule has 9 heteroatoms. The van der Waals surface area contributed by atoms with E-state index >= 15 is 0 Å². The molecule has 0 aliphatic carbocycles. The first-order chi connectivity index (χ1) is 12.8. The topological polar surface area (TPSA) is 75.7 Å². The third-order valence-electron chi connectivity index (χ3n) is 4.22. The smallest absolute Gasteiger partial charge is 0.261 e. The molecule has 2 aromatic carbocycles. The summed E-state index contributed by atoms with van der Waals surface area (Å²) >= 11 is 5.67. The van der Waals surface area contributed by atoms with E-state index < -0.39 is 15.8 Å². The molecule has 1 amide bonds. The molecule has 0 atom stereocenters. The SMILES string of the molecule is COCC(=O)N1CCCc2cc(NS(=O)(=O)c3ccc(F)c(Cl)c3)ccc21. The minimum absolute atomic E-state index is 0.0147. The van der Waals surface area contributed by atoms with E-state index in [1.807, 2.05) is 0 Å². The predicted molar refractivity (Wildman–Crippen MR) is 101 cm³/mol. The molecule has 1 heterocycles. The normalized spacial score (nSPS) is 14.0. The summed E-state index contributed by atoms with van der Waals surface area (Å²) in [5.41, 5.74) is 1.97. The molecule has 1 aliphatic heterocycles. The number of benzene rings is 2. The maximum atomic E-state index is 13.3. The maximum Gasteiger partial charge on any atom is 0.261 e. The summed E-state index contributed by atoms with van der Waals surface area (Å²) in [5, 5.41) is -0.268. The number of ether oxygens (including phenoxy) is 1. The average Bonchev–Trinajstić information content (AvgIpc) is 2.63. The highest BCUT2D eigenvalue weighted by Crippen LogP contribution is 2.31. The Balaban J connectivity index is 1.86. The largest absolute Gasteiger partial charge is 0.375 e. The number of rotatable bonds is 5. The van der Waals surface area contributed by atoms with Crippen LogP contribution in [0.4, 0.5) is 15.8 Å². The number of hydrogen-bond acceptors (Lipinski definition) is 4. The van der Waals surface area contributed by atoms with E-state index in [-0.39, 0.29) is 22.4 Å². The van der Waals surface area contributed by atoms with Gasteiger partial charge in [-0.2, -0.15) is 0 Å². The van der Waals surface area contributed by atoms with E-state index in [2.05, 4.69) is 4.72 Å². The van der Waals surface area contributed by atoms with Gasteiger partial charge in [0.05, 0.1) is 9.92 Å². The molecule has 0 unspecified atom stereocenters. The molecule has 144 valence electrons. The van der Waals surface area contributed by atoms with E-state index in [4.69, 9.17) is 16.3 Å². The van der Waals surface area contributed by atoms with Crippen molar-refractivity contribution < 1.29 is 22.3 Å². The highest BCUT2D eigenvalue weighted by atomic mass is 35.5. The molecule has 0 saturated carbocycles. The van der Waals surface area contributed by atoms with Crippen LogP contribution in [-0.4, -0.2) is 34.6 Å². The van der Waals surface area contributed by atoms with Gasteiger partial charge in [0.1, 0.15) is 12.4 Å². The minimum Gasteiger partial charge on any atom is -0.375 e. The molecule has 0 aromatic heterocycles. The summed E-state index contributed by atoms with van der Waals surface area (Å²) in [7, 11) is -2.46. The standard InChI is InChI=1S/C18H18ClFN2O4S/c1-26-11-18(23)22-8-2-3-12-9-13(4-7-17(12)22)21-27(24,25)14-5-6-16(20)15(19)10-14/h4-7,9-10,21H,2-3,8,11H2,1H3. The Bertz CT molecular complexity index is 981. The van der Waals surface area contributed by atoms with Gasteiger partial charge in [0.15, 0.2) is 0 Å². The second-order valence-corrected chi connectivity index (χ2v) is 8.20. The van der Waals surface area contributed by atoms with Gasteiger partial charge in [-0.25, -0.2) is 12.8 Å². The number of aryl methyl sites for hydroxylation is 1. The molecule has 0 bridgehead atoms. The van der Waals surface area contributed by atoms with Crippen LogP contribution in [0.15, 0.2) is 41.3 Å². The summed E-state index contributed by atoms with van der Waals surface area (Å²) in [6.07, 6.45) is 1.50. The molecule has 1 N–H and O–H groups in total. The Morgan fingerprint density at radius 2 is 2.07 bits per heavy atom. The number of carbonyl (C=O) groups excluding carboxylic acids is 1. The van der Waals surface area contributed by atoms with E-state index in [0.29, 0.717) is 12.2 Å². The zero-order chi connectivity index (χ0) is 19.6. The number of halogens is 2. The monoisotopic (exact) mass is 412 g/mol. The molecule has 6 nitrogen and oxygen atoms in total. The van der Waals surface area contributed by atoms with Gasteiger partial charge in [0.2, 0.25) is 0 Å². The van der Waals surface area contributed by atoms with Crippen molar-refractivity contribution in [2.75, 3.05) is 29.9 Å². The first-order valence-electron chi connectivity index (χ1n) is 8.22. The summed E-state index contributed by atoms with van der Waals surface area (Å²) < 4.78 is 45.7. The Labute approximate surface area is 161 Å². The van der Waals surface area contributed by atoms with Gasteiger partial charge >= 0.3 is 0 Å². The van der Waals surface area contributed by atoms with Gasteiger partial charge in [-0.15, -0.1) is 0 Å². The number of nitrogens with zero attached hydrogens (tertiary/aromatic N) is 1. The molecular formula is C18H18ClFN2O4S. The van der Waals surface area contributed by atoms with Crippen LogP contribution in [0.25, 0.3) is 0 Å². The first-order valence-corrected chi connectivity index (χ1v) is 10.1. The van der Waals surface area contributed by atoms with Crippen LogP contribution in [0.3, 0.4) is 0 Å². The third kappa shape index (κ3) is 4.23. The number of sulfonamides is 1. The first kappa shape index (κ1) is 19.6. The number of fused-ring (bicyclic) bond motifs is 1. The highest BCUT2D eigenvalue weighted by Gasteiger charge is 2.23. The Hall–Kier alpha value is -2.16. The van der Waals surface area contributed by atoms with E-state index in [1.54, 1.807) is 23.1 Å². The Morgan fingerprint density at radius 3 is 2.78 bits per heavy atom. The van der Waals surface area contributed by atoms with E-state index in [1.165, 1.54) is 7.11 Å². The molecule has 0 fully saturated rings. The number of methoxy groups -OCH3 is 1. The average molecular weight is 413 g/mol. The van der Waals surface area contributed by atoms with Crippen molar-refractivity contribution in [2.45, 2.75) is 17.7 Å². The van der Waals surface area contributed by atoms with Crippen LogP contribution in [0, 0.1) is 5.82 Å². The fourth-order valence-corrected chi connectivity index (χ4v) is 4.30. The minimum atomic E-state index is -3.92. The highest BCUT2D eigenvalue weighted by molar-refractivity contribution is 7.92. The van der Waals surface area contributed by atoms with Gasteiger partial charge in [-0.3, -0.25) is 9.52 Å². The van der Waals surface area contributed by atoms with Crippen LogP contribution >= 0.6 is 11.6 Å². The van der Waals surface area contributed by atoms with Crippen molar-refractivity contribution in [2.24, 2.45) is 0 Å². The Morgan fingerprint density at radius 1 is 1.30 bits per heavy atom. The second kappa shape index (κ2) is 7.84. The number of hydrogen-bond donors (Lipinski definition) is 1. The lowest BCUT2D eigenvalue weighted by atomic mass is 10.0. The number of carbonyl (C=O) groups is 1. The fraction of sp³-hybridized carbons (Fsp3) is 0.278. The number of anilines is 2. The lowest BCUT2D eigenvalue weighted by molar-refractivity contribution is -0.122. The molecule has 1 aliphatic rings. The summed E-state index contributed by atoms with van der Waals surface area (Å²) in [6.45, 7) is 0.577. The van der Waals surface area contributed by atoms with Crippen LogP contribution < -0.4 is 9.62 Å². The number of nitrogens with one attached hydrogen (secondary N) is 1. The van der Waals surface area contributed by atoms with Crippen molar-refractivity contribution in [1.29, 1.82) is 0 Å². The van der Waals surface area contributed by atoms with Gasteiger partial charge < -0.3 is 9.64 Å². The van der Waals surface area contributed by atoms with E-state index in [9.17, 15) is 17.6 Å². The number of amides is 1. The van der Waals surface area contributed by atoms with Crippen molar-refractivity contribution >= 4 is 38.9 Å². The predicted octanol–water partition coefficient (Wildman–Crippen LogP) is 3.21. The molecule has 3 rings (SSSR count). The van der Waals surface area contributed by atoms with Gasteiger partial charge in [-0.05, 0) is 54.8 Å². The quantitative estimate of drug-likeness (QED) is 0.818. The van der Waals surface area contributed by atoms with Crippen LogP contribution in [0.5, 0.6) is 0 Å². The van der Waals surface area contributed by atoms with Crippen molar-refractivity contribution in [1.82, 2.24) is 0 Å². The summed E-state index contributed by atoms with van der Waals surface area (Å²) in [5.74, 6) is -0.835. The molecule has 0 radical (unpaired) electrons. The molecule has 2 aromatic rings. The molecular weight excluding hydrogens is 395 g/mol. The molecule has 0 saturated heterocycles. The van der Waals surface area contributed by atoms with Crippen molar-refractivity contribution in [3.05, 3.63) is 52.8 Å². The summed E-state index contributed by atoms with van der Waals surface area (Å²) in [6, 6.07) is 8.20. The zero-order valence-corrected chi connectivity index (χ0v) is 16.1. The fourth-order valence-electron chi connectivity index (χ4n) is 2.98. The van der Waals surface area contributed by atoms with E-state index in [0.717, 1.165) is 42.3 Å². The zero-order valence-electron chi connectivity index (χ0n) is 14.5. The lowest BCUT2D eigenvalue weighted by Gasteiger charge is -2.29. The van der Waals surface area contributed by atoms with Crippen LogP contribution in [0.2, 0.25) is 5.02 Å². The van der Waals surface area contributed by atoms with Crippen molar-refractivity contribution in [3.63, 3.8) is 0 Å². The van der Waals surface area contributed by atoms with Gasteiger partial charge in [0.25, 0.3) is 15.9 Å². The van der Waals surface area contributed by atoms with Crippen LogP contribution in [0.1, 0.15) is 12.0 Å². The van der Waals surface area contributed by atoms with Gasteiger partial charge in [-0.1, -0.05) is 11.6 Å². The Kier molecular flexibility index (Phi) is 5.69. The third-order valence-corrected chi connectivity index (χ3v) is 5.89. The lowest BCUT2D eigenvalue weighted by Crippen LogP contribution is -2.37. The molecule has 0 spiro atoms. The van der Waals surface area contributed by atoms with Crippen molar-refractivity contribution in [3.8, 4) is 0 Å².